The molecule has 0 radical (unpaired) electrons. The third-order valence-electron chi connectivity index (χ3n) is 5.58. The molecule has 27 heavy (non-hydrogen) atoms. The van der Waals surface area contributed by atoms with Gasteiger partial charge in [-0.05, 0) is 13.0 Å². The number of amides is 2. The van der Waals surface area contributed by atoms with Gasteiger partial charge < -0.3 is 9.47 Å². The van der Waals surface area contributed by atoms with Crippen molar-refractivity contribution in [3.05, 3.63) is 33.9 Å². The number of carbonyl (C=O) groups is 2. The lowest BCUT2D eigenvalue weighted by molar-refractivity contribution is -0.385. The maximum atomic E-state index is 12.9. The van der Waals surface area contributed by atoms with Crippen LogP contribution in [0.3, 0.4) is 0 Å². The fourth-order valence-corrected chi connectivity index (χ4v) is 4.07. The van der Waals surface area contributed by atoms with E-state index in [-0.39, 0.29) is 29.6 Å². The normalized spacial score (nSPS) is 25.5. The van der Waals surface area contributed by atoms with E-state index in [0.717, 1.165) is 4.90 Å². The van der Waals surface area contributed by atoms with E-state index in [1.807, 2.05) is 4.90 Å². The van der Waals surface area contributed by atoms with Gasteiger partial charge in [-0.15, -0.1) is 0 Å². The predicted octanol–water partition coefficient (Wildman–Crippen LogP) is 1.37. The van der Waals surface area contributed by atoms with Crippen LogP contribution in [0, 0.1) is 17.0 Å². The van der Waals surface area contributed by atoms with Crippen LogP contribution in [0.4, 0.5) is 11.4 Å². The molecule has 1 atom stereocenters. The molecule has 1 aromatic rings. The first-order chi connectivity index (χ1) is 12.9. The maximum Gasteiger partial charge on any atom is 0.274 e. The second-order valence-electron chi connectivity index (χ2n) is 7.16. The maximum absolute atomic E-state index is 12.9. The van der Waals surface area contributed by atoms with Gasteiger partial charge in [-0.3, -0.25) is 24.6 Å². The fraction of sp³-hybridized carbons (Fsp3) is 0.556. The van der Waals surface area contributed by atoms with E-state index in [9.17, 15) is 19.7 Å². The molecule has 0 bridgehead atoms. The van der Waals surface area contributed by atoms with E-state index in [2.05, 4.69) is 0 Å². The summed E-state index contributed by atoms with van der Waals surface area (Å²) in [6, 6.07) is 3.88. The molecule has 4 rings (SSSR count). The number of hydrogen-bond donors (Lipinski definition) is 0. The Morgan fingerprint density at radius 1 is 1.19 bits per heavy atom. The zero-order chi connectivity index (χ0) is 19.2. The number of anilines is 1. The molecule has 0 N–H and O–H groups in total. The molecule has 144 valence electrons. The van der Waals surface area contributed by atoms with Crippen LogP contribution >= 0.6 is 0 Å². The summed E-state index contributed by atoms with van der Waals surface area (Å²) < 4.78 is 11.4. The molecular weight excluding hydrogens is 354 g/mol. The van der Waals surface area contributed by atoms with Gasteiger partial charge in [0.25, 0.3) is 11.6 Å². The number of nitrogens with zero attached hydrogens (tertiary/aromatic N) is 3. The van der Waals surface area contributed by atoms with Gasteiger partial charge in [-0.25, -0.2) is 4.90 Å². The van der Waals surface area contributed by atoms with Crippen LogP contribution in [0.15, 0.2) is 18.2 Å². The molecule has 9 heteroatoms. The van der Waals surface area contributed by atoms with Crippen molar-refractivity contribution in [3.63, 3.8) is 0 Å². The lowest BCUT2D eigenvalue weighted by atomic mass is 10.0. The Labute approximate surface area is 156 Å². The van der Waals surface area contributed by atoms with E-state index in [1.165, 1.54) is 6.07 Å². The monoisotopic (exact) mass is 375 g/mol. The van der Waals surface area contributed by atoms with Crippen LogP contribution in [0.1, 0.15) is 24.8 Å². The SMILES string of the molecule is Cc1ccc(N2C(=O)CC(N3CCC4(CC3)OCCO4)C2=O)cc1[N+](=O)[O-]. The first-order valence-corrected chi connectivity index (χ1v) is 9.04. The summed E-state index contributed by atoms with van der Waals surface area (Å²) in [5.74, 6) is -1.21. The topological polar surface area (TPSA) is 102 Å². The minimum Gasteiger partial charge on any atom is -0.347 e. The largest absolute Gasteiger partial charge is 0.347 e. The molecule has 1 aromatic carbocycles. The molecule has 2 amide bonds. The average molecular weight is 375 g/mol. The van der Waals surface area contributed by atoms with Crippen LogP contribution in [-0.2, 0) is 19.1 Å². The van der Waals surface area contributed by atoms with Crippen LogP contribution in [0.2, 0.25) is 0 Å². The standard InChI is InChI=1S/C18H21N3O6/c1-12-2-3-13(10-14(12)21(24)25)20-16(22)11-15(17(20)23)19-6-4-18(5-7-19)26-8-9-27-18/h2-3,10,15H,4-9,11H2,1H3. The molecule has 0 aromatic heterocycles. The summed E-state index contributed by atoms with van der Waals surface area (Å²) in [4.78, 5) is 39.2. The third kappa shape index (κ3) is 3.11. The van der Waals surface area contributed by atoms with Crippen molar-refractivity contribution in [2.45, 2.75) is 38.0 Å². The van der Waals surface area contributed by atoms with Crippen molar-refractivity contribution >= 4 is 23.2 Å². The summed E-state index contributed by atoms with van der Waals surface area (Å²) in [5, 5.41) is 11.2. The average Bonchev–Trinajstić information content (AvgIpc) is 3.21. The molecule has 0 aliphatic carbocycles. The van der Waals surface area contributed by atoms with Gasteiger partial charge in [-0.2, -0.15) is 0 Å². The second-order valence-corrected chi connectivity index (χ2v) is 7.16. The molecule has 3 saturated heterocycles. The van der Waals surface area contributed by atoms with Gasteiger partial charge in [0.2, 0.25) is 5.91 Å². The molecule has 3 fully saturated rings. The molecule has 3 heterocycles. The lowest BCUT2D eigenvalue weighted by Gasteiger charge is -2.39. The molecular formula is C18H21N3O6. The molecule has 3 aliphatic heterocycles. The van der Waals surface area contributed by atoms with Crippen LogP contribution in [-0.4, -0.2) is 59.8 Å². The smallest absolute Gasteiger partial charge is 0.274 e. The molecule has 1 unspecified atom stereocenters. The van der Waals surface area contributed by atoms with Crippen molar-refractivity contribution in [3.8, 4) is 0 Å². The Balaban J connectivity index is 1.51. The second kappa shape index (κ2) is 6.66. The number of benzene rings is 1. The zero-order valence-electron chi connectivity index (χ0n) is 15.1. The van der Waals surface area contributed by atoms with Crippen LogP contribution < -0.4 is 4.90 Å². The highest BCUT2D eigenvalue weighted by Crippen LogP contribution is 2.35. The predicted molar refractivity (Wildman–Crippen MR) is 94.2 cm³/mol. The number of nitro groups is 1. The number of piperidine rings is 1. The van der Waals surface area contributed by atoms with Crippen LogP contribution in [0.25, 0.3) is 0 Å². The Kier molecular flexibility index (Phi) is 4.45. The number of nitro benzene ring substituents is 1. The highest BCUT2D eigenvalue weighted by Gasteiger charge is 2.47. The first-order valence-electron chi connectivity index (χ1n) is 9.04. The summed E-state index contributed by atoms with van der Waals surface area (Å²) in [6.45, 7) is 3.99. The minimum atomic E-state index is -0.545. The number of ether oxygens (including phenoxy) is 2. The van der Waals surface area contributed by atoms with Crippen molar-refractivity contribution in [1.82, 2.24) is 4.90 Å². The summed E-state index contributed by atoms with van der Waals surface area (Å²) in [5.41, 5.74) is 0.630. The van der Waals surface area contributed by atoms with Crippen molar-refractivity contribution in [1.29, 1.82) is 0 Å². The Hall–Kier alpha value is -2.36. The number of aryl methyl sites for hydroxylation is 1. The van der Waals surface area contributed by atoms with E-state index < -0.39 is 16.8 Å². The minimum absolute atomic E-state index is 0.0786. The van der Waals surface area contributed by atoms with E-state index in [0.29, 0.717) is 44.7 Å². The van der Waals surface area contributed by atoms with Gasteiger partial charge in [-0.1, -0.05) is 6.07 Å². The van der Waals surface area contributed by atoms with E-state index >= 15 is 0 Å². The summed E-state index contributed by atoms with van der Waals surface area (Å²) in [7, 11) is 0. The van der Waals surface area contributed by atoms with Crippen LogP contribution in [0.5, 0.6) is 0 Å². The van der Waals surface area contributed by atoms with Gasteiger partial charge in [0.05, 0.1) is 36.3 Å². The number of hydrogen-bond acceptors (Lipinski definition) is 7. The van der Waals surface area contributed by atoms with Gasteiger partial charge >= 0.3 is 0 Å². The van der Waals surface area contributed by atoms with Crippen molar-refractivity contribution in [2.75, 3.05) is 31.2 Å². The Morgan fingerprint density at radius 3 is 2.48 bits per heavy atom. The van der Waals surface area contributed by atoms with Crippen molar-refractivity contribution in [2.24, 2.45) is 0 Å². The van der Waals surface area contributed by atoms with Crippen molar-refractivity contribution < 1.29 is 24.0 Å². The van der Waals surface area contributed by atoms with Gasteiger partial charge in [0.1, 0.15) is 0 Å². The number of carbonyl (C=O) groups excluding carboxylic acids is 2. The molecule has 9 nitrogen and oxygen atoms in total. The number of rotatable bonds is 3. The van der Waals surface area contributed by atoms with E-state index in [4.69, 9.17) is 9.47 Å². The number of imide groups is 1. The lowest BCUT2D eigenvalue weighted by Crippen LogP contribution is -2.51. The van der Waals surface area contributed by atoms with Gasteiger partial charge in [0.15, 0.2) is 5.79 Å². The zero-order valence-corrected chi connectivity index (χ0v) is 15.1. The Bertz CT molecular complexity index is 794. The molecule has 0 saturated carbocycles. The summed E-state index contributed by atoms with van der Waals surface area (Å²) >= 11 is 0. The summed E-state index contributed by atoms with van der Waals surface area (Å²) in [6.07, 6.45) is 1.39. The highest BCUT2D eigenvalue weighted by atomic mass is 16.7. The molecule has 1 spiro atoms. The fourth-order valence-electron chi connectivity index (χ4n) is 4.07. The first kappa shape index (κ1) is 18.0. The highest BCUT2D eigenvalue weighted by molar-refractivity contribution is 6.22. The quantitative estimate of drug-likeness (QED) is 0.447. The van der Waals surface area contributed by atoms with Gasteiger partial charge in [0, 0.05) is 37.6 Å². The third-order valence-corrected chi connectivity index (χ3v) is 5.58. The Morgan fingerprint density at radius 2 is 1.85 bits per heavy atom. The van der Waals surface area contributed by atoms with E-state index in [1.54, 1.807) is 19.1 Å². The molecule has 3 aliphatic rings. The number of likely N-dealkylation sites (tertiary alicyclic amines) is 1.